The van der Waals surface area contributed by atoms with Crippen LogP contribution in [0.4, 0.5) is 0 Å². The molecule has 1 unspecified atom stereocenters. The molecule has 0 aliphatic heterocycles. The molecule has 0 saturated carbocycles. The maximum absolute atomic E-state index is 12.5. The highest BCUT2D eigenvalue weighted by atomic mass is 35.5. The summed E-state index contributed by atoms with van der Waals surface area (Å²) in [7, 11) is 0. The number of carbonyl (C=O) groups excluding carboxylic acids is 2. The average molecular weight is 381 g/mol. The Bertz CT molecular complexity index is 804. The molecule has 0 aliphatic rings. The summed E-state index contributed by atoms with van der Waals surface area (Å²) >= 11 is 11.9. The number of ether oxygens (including phenoxy) is 2. The number of rotatable bonds is 7. The summed E-state index contributed by atoms with van der Waals surface area (Å²) in [4.78, 5) is 24.0. The van der Waals surface area contributed by atoms with Crippen molar-refractivity contribution in [3.8, 4) is 11.5 Å². The molecule has 0 fully saturated rings. The number of halogens is 2. The summed E-state index contributed by atoms with van der Waals surface area (Å²) in [5.41, 5.74) is -1.06. The van der Waals surface area contributed by atoms with E-state index >= 15 is 0 Å². The quantitative estimate of drug-likeness (QED) is 0.340. The van der Waals surface area contributed by atoms with Crippen molar-refractivity contribution in [1.29, 1.82) is 0 Å². The molecular weight excluding hydrogens is 367 g/mol. The molecule has 0 amide bonds. The van der Waals surface area contributed by atoms with Gasteiger partial charge in [-0.25, -0.2) is 4.79 Å². The number of phenols is 1. The maximum atomic E-state index is 12.5. The molecule has 25 heavy (non-hydrogen) atoms. The molecule has 2 aromatic carbocycles. The van der Waals surface area contributed by atoms with Gasteiger partial charge in [0.25, 0.3) is 5.56 Å². The van der Waals surface area contributed by atoms with E-state index in [0.717, 1.165) is 0 Å². The van der Waals surface area contributed by atoms with Crippen molar-refractivity contribution in [1.82, 2.24) is 0 Å². The first kappa shape index (κ1) is 18.8. The van der Waals surface area contributed by atoms with E-state index in [1.54, 1.807) is 12.1 Å². The van der Waals surface area contributed by atoms with E-state index in [1.165, 1.54) is 36.4 Å². The van der Waals surface area contributed by atoms with Gasteiger partial charge in [0, 0.05) is 5.56 Å². The number of carbonyl (C=O) groups is 2. The lowest BCUT2D eigenvalue weighted by Crippen LogP contribution is -2.23. The van der Waals surface area contributed by atoms with Crippen molar-refractivity contribution in [2.45, 2.75) is 5.56 Å². The van der Waals surface area contributed by atoms with Gasteiger partial charge in [-0.05, 0) is 30.3 Å². The first-order valence-electron chi connectivity index (χ1n) is 7.14. The third-order valence-corrected chi connectivity index (χ3v) is 3.68. The second kappa shape index (κ2) is 8.55. The van der Waals surface area contributed by atoms with Crippen LogP contribution in [-0.2, 0) is 9.53 Å². The average Bonchev–Trinajstić information content (AvgIpc) is 2.59. The minimum Gasteiger partial charge on any atom is -0.507 e. The summed E-state index contributed by atoms with van der Waals surface area (Å²) in [6.45, 7) is 3.43. The van der Waals surface area contributed by atoms with Gasteiger partial charge in [-0.2, -0.15) is 0 Å². The molecule has 130 valence electrons. The second-order valence-corrected chi connectivity index (χ2v) is 5.64. The van der Waals surface area contributed by atoms with E-state index in [1.807, 2.05) is 0 Å². The van der Waals surface area contributed by atoms with Crippen LogP contribution in [0, 0.1) is 0 Å². The van der Waals surface area contributed by atoms with Crippen molar-refractivity contribution in [3.63, 3.8) is 0 Å². The molecule has 0 aromatic heterocycles. The van der Waals surface area contributed by atoms with Gasteiger partial charge in [-0.1, -0.05) is 48.0 Å². The summed E-state index contributed by atoms with van der Waals surface area (Å²) in [5, 5.41) is 9.87. The minimum absolute atomic E-state index is 0.0141. The fourth-order valence-corrected chi connectivity index (χ4v) is 2.36. The Balaban J connectivity index is 2.15. The molecule has 2 aromatic rings. The maximum Gasteiger partial charge on any atom is 0.363 e. The van der Waals surface area contributed by atoms with Gasteiger partial charge >= 0.3 is 5.97 Å². The predicted molar refractivity (Wildman–Crippen MR) is 94.4 cm³/mol. The van der Waals surface area contributed by atoms with E-state index in [9.17, 15) is 14.7 Å². The molecule has 0 aliphatic carbocycles. The molecule has 0 radical (unpaired) electrons. The van der Waals surface area contributed by atoms with Gasteiger partial charge in [0.2, 0.25) is 0 Å². The van der Waals surface area contributed by atoms with Crippen molar-refractivity contribution in [2.24, 2.45) is 0 Å². The van der Waals surface area contributed by atoms with Crippen LogP contribution in [0.25, 0.3) is 0 Å². The number of esters is 1. The Morgan fingerprint density at radius 3 is 2.56 bits per heavy atom. The molecule has 2 rings (SSSR count). The van der Waals surface area contributed by atoms with E-state index in [0.29, 0.717) is 0 Å². The lowest BCUT2D eigenvalue weighted by molar-refractivity contribution is -0.146. The smallest absolute Gasteiger partial charge is 0.363 e. The van der Waals surface area contributed by atoms with E-state index in [-0.39, 0.29) is 34.3 Å². The molecule has 1 N–H and O–H groups in total. The van der Waals surface area contributed by atoms with Crippen LogP contribution in [0.3, 0.4) is 0 Å². The zero-order valence-electron chi connectivity index (χ0n) is 12.9. The highest BCUT2D eigenvalue weighted by Crippen LogP contribution is 2.28. The molecule has 0 saturated heterocycles. The zero-order chi connectivity index (χ0) is 18.4. The topological polar surface area (TPSA) is 72.8 Å². The number of alkyl halides is 1. The standard InChI is InChI=1S/C18H14Cl2O5/c1-2-9-24-18(23)17(20)25-11-7-8-12(14(19)10-11)16(22)13-5-3-4-6-15(13)21/h2-8,10,17,21H,1,9H2. The number of para-hydroxylation sites is 1. The predicted octanol–water partition coefficient (Wildman–Crippen LogP) is 3.95. The van der Waals surface area contributed by atoms with E-state index in [4.69, 9.17) is 32.7 Å². The Kier molecular flexibility index (Phi) is 6.44. The number of benzene rings is 2. The molecular formula is C18H14Cl2O5. The van der Waals surface area contributed by atoms with Crippen LogP contribution in [-0.4, -0.2) is 29.0 Å². The SMILES string of the molecule is C=CCOC(=O)C(Cl)Oc1ccc(C(=O)c2ccccc2O)c(Cl)c1. The largest absolute Gasteiger partial charge is 0.507 e. The van der Waals surface area contributed by atoms with Gasteiger partial charge in [-0.15, -0.1) is 0 Å². The molecule has 1 atom stereocenters. The fourth-order valence-electron chi connectivity index (χ4n) is 1.94. The van der Waals surface area contributed by atoms with Crippen molar-refractivity contribution < 1.29 is 24.2 Å². The lowest BCUT2D eigenvalue weighted by Gasteiger charge is -2.13. The highest BCUT2D eigenvalue weighted by Gasteiger charge is 2.20. The molecule has 0 heterocycles. The highest BCUT2D eigenvalue weighted by molar-refractivity contribution is 6.35. The van der Waals surface area contributed by atoms with Crippen LogP contribution in [0.2, 0.25) is 5.02 Å². The van der Waals surface area contributed by atoms with Crippen LogP contribution < -0.4 is 4.74 Å². The number of ketones is 1. The number of hydrogen-bond acceptors (Lipinski definition) is 5. The van der Waals surface area contributed by atoms with Crippen LogP contribution >= 0.6 is 23.2 Å². The summed E-state index contributed by atoms with van der Waals surface area (Å²) < 4.78 is 9.99. The number of aromatic hydroxyl groups is 1. The molecule has 7 heteroatoms. The van der Waals surface area contributed by atoms with Gasteiger partial charge < -0.3 is 14.6 Å². The summed E-state index contributed by atoms with van der Waals surface area (Å²) in [6.07, 6.45) is 1.40. The first-order chi connectivity index (χ1) is 11.9. The second-order valence-electron chi connectivity index (χ2n) is 4.84. The number of hydrogen-bond donors (Lipinski definition) is 1. The Labute approximate surface area is 154 Å². The zero-order valence-corrected chi connectivity index (χ0v) is 14.5. The summed E-state index contributed by atoms with van der Waals surface area (Å²) in [5.74, 6) is -1.17. The van der Waals surface area contributed by atoms with Crippen molar-refractivity contribution in [3.05, 3.63) is 71.3 Å². The Hall–Kier alpha value is -2.50. The Morgan fingerprint density at radius 2 is 1.92 bits per heavy atom. The summed E-state index contributed by atoms with van der Waals surface area (Å²) in [6, 6.07) is 10.3. The van der Waals surface area contributed by atoms with Crippen LogP contribution in [0.1, 0.15) is 15.9 Å². The lowest BCUT2D eigenvalue weighted by atomic mass is 10.0. The van der Waals surface area contributed by atoms with Gasteiger partial charge in [0.15, 0.2) is 5.78 Å². The normalized spacial score (nSPS) is 11.4. The van der Waals surface area contributed by atoms with Crippen molar-refractivity contribution >= 4 is 35.0 Å². The minimum atomic E-state index is -1.37. The Morgan fingerprint density at radius 1 is 1.20 bits per heavy atom. The van der Waals surface area contributed by atoms with Gasteiger partial charge in [-0.3, -0.25) is 4.79 Å². The third-order valence-electron chi connectivity index (χ3n) is 3.10. The fraction of sp³-hybridized carbons (Fsp3) is 0.111. The number of phenolic OH excluding ortho intramolecular Hbond substituents is 1. The van der Waals surface area contributed by atoms with E-state index in [2.05, 4.69) is 6.58 Å². The monoisotopic (exact) mass is 380 g/mol. The molecule has 0 spiro atoms. The van der Waals surface area contributed by atoms with Gasteiger partial charge in [0.05, 0.1) is 10.6 Å². The van der Waals surface area contributed by atoms with E-state index < -0.39 is 17.3 Å². The first-order valence-corrected chi connectivity index (χ1v) is 7.96. The van der Waals surface area contributed by atoms with Crippen LogP contribution in [0.5, 0.6) is 11.5 Å². The molecule has 5 nitrogen and oxygen atoms in total. The molecule has 0 bridgehead atoms. The van der Waals surface area contributed by atoms with Crippen molar-refractivity contribution in [2.75, 3.05) is 6.61 Å². The third kappa shape index (κ3) is 4.75. The van der Waals surface area contributed by atoms with Gasteiger partial charge in [0.1, 0.15) is 18.1 Å². The van der Waals surface area contributed by atoms with Crippen LogP contribution in [0.15, 0.2) is 55.1 Å².